The molecule has 3 heterocycles. The summed E-state index contributed by atoms with van der Waals surface area (Å²) in [6.45, 7) is 2.34. The molecule has 2 aliphatic rings. The van der Waals surface area contributed by atoms with Crippen molar-refractivity contribution >= 4 is 41.2 Å². The lowest BCUT2D eigenvalue weighted by molar-refractivity contribution is -0.141. The van der Waals surface area contributed by atoms with Crippen molar-refractivity contribution in [3.8, 4) is 10.4 Å². The highest BCUT2D eigenvalue weighted by Crippen LogP contribution is 2.33. The first-order chi connectivity index (χ1) is 13.9. The van der Waals surface area contributed by atoms with E-state index in [1.165, 1.54) is 18.3 Å². The zero-order valence-corrected chi connectivity index (χ0v) is 16.3. The molecule has 2 N–H and O–H groups in total. The minimum absolute atomic E-state index is 0.0710. The maximum absolute atomic E-state index is 12.5. The molecule has 1 fully saturated rings. The van der Waals surface area contributed by atoms with E-state index in [-0.39, 0.29) is 24.2 Å². The second kappa shape index (κ2) is 7.51. The lowest BCUT2D eigenvalue weighted by Crippen LogP contribution is -2.28. The molecule has 1 aromatic carbocycles. The lowest BCUT2D eigenvalue weighted by Gasteiger charge is -2.14. The Morgan fingerprint density at radius 3 is 2.76 bits per heavy atom. The van der Waals surface area contributed by atoms with E-state index >= 15 is 0 Å². The molecule has 1 aromatic heterocycles. The van der Waals surface area contributed by atoms with Crippen molar-refractivity contribution in [2.24, 2.45) is 0 Å². The number of imide groups is 1. The minimum Gasteiger partial charge on any atom is -0.464 e. The number of thiophene rings is 1. The molecule has 148 valence electrons. The topological polar surface area (TPSA) is 105 Å². The van der Waals surface area contributed by atoms with Gasteiger partial charge in [-0.1, -0.05) is 6.07 Å². The zero-order valence-electron chi connectivity index (χ0n) is 15.5. The Balaban J connectivity index is 1.50. The van der Waals surface area contributed by atoms with Gasteiger partial charge >= 0.3 is 12.0 Å². The summed E-state index contributed by atoms with van der Waals surface area (Å²) < 4.78 is 4.92. The van der Waals surface area contributed by atoms with Gasteiger partial charge in [-0.2, -0.15) is 0 Å². The Morgan fingerprint density at radius 2 is 2.03 bits per heavy atom. The summed E-state index contributed by atoms with van der Waals surface area (Å²) >= 11 is 1.48. The monoisotopic (exact) mass is 411 g/mol. The molecule has 0 bridgehead atoms. The summed E-state index contributed by atoms with van der Waals surface area (Å²) in [6.07, 6.45) is 1.63. The van der Waals surface area contributed by atoms with E-state index in [1.807, 2.05) is 24.3 Å². The van der Waals surface area contributed by atoms with Gasteiger partial charge in [-0.3, -0.25) is 19.7 Å². The summed E-state index contributed by atoms with van der Waals surface area (Å²) in [6, 6.07) is 8.95. The molecule has 0 saturated carbocycles. The second-order valence-electron chi connectivity index (χ2n) is 6.61. The SMILES string of the molecule is CC(=O)OCCN1Cc2cc(-c3ccc(/C=C4/NC(=O)NC4=O)s3)ccc2C1=O. The van der Waals surface area contributed by atoms with Crippen LogP contribution < -0.4 is 10.6 Å². The van der Waals surface area contributed by atoms with Gasteiger partial charge in [0, 0.05) is 28.8 Å². The summed E-state index contributed by atoms with van der Waals surface area (Å²) in [5, 5.41) is 4.63. The van der Waals surface area contributed by atoms with E-state index in [2.05, 4.69) is 10.6 Å². The number of nitrogens with zero attached hydrogens (tertiary/aromatic N) is 1. The lowest BCUT2D eigenvalue weighted by atomic mass is 10.1. The van der Waals surface area contributed by atoms with Gasteiger partial charge in [-0.15, -0.1) is 11.3 Å². The van der Waals surface area contributed by atoms with Crippen LogP contribution in [0, 0.1) is 0 Å². The van der Waals surface area contributed by atoms with Crippen molar-refractivity contribution in [1.29, 1.82) is 0 Å². The normalized spacial score (nSPS) is 16.8. The van der Waals surface area contributed by atoms with Crippen molar-refractivity contribution in [1.82, 2.24) is 15.5 Å². The van der Waals surface area contributed by atoms with Crippen LogP contribution >= 0.6 is 11.3 Å². The third kappa shape index (κ3) is 3.90. The third-order valence-corrected chi connectivity index (χ3v) is 5.65. The third-order valence-electron chi connectivity index (χ3n) is 4.57. The van der Waals surface area contributed by atoms with Crippen molar-refractivity contribution < 1.29 is 23.9 Å². The quantitative estimate of drug-likeness (QED) is 0.445. The molecule has 4 amide bonds. The second-order valence-corrected chi connectivity index (χ2v) is 7.72. The van der Waals surface area contributed by atoms with Crippen LogP contribution in [0.2, 0.25) is 0 Å². The predicted molar refractivity (Wildman–Crippen MR) is 106 cm³/mol. The number of fused-ring (bicyclic) bond motifs is 1. The maximum Gasteiger partial charge on any atom is 0.326 e. The first-order valence-corrected chi connectivity index (χ1v) is 9.72. The number of carbonyl (C=O) groups excluding carboxylic acids is 4. The number of ether oxygens (including phenoxy) is 1. The Bertz CT molecular complexity index is 1070. The molecule has 29 heavy (non-hydrogen) atoms. The Morgan fingerprint density at radius 1 is 1.21 bits per heavy atom. The van der Waals surface area contributed by atoms with Gasteiger partial charge < -0.3 is 15.0 Å². The van der Waals surface area contributed by atoms with Crippen molar-refractivity contribution in [2.75, 3.05) is 13.2 Å². The molecule has 0 radical (unpaired) electrons. The van der Waals surface area contributed by atoms with E-state index < -0.39 is 11.9 Å². The molecule has 0 unspecified atom stereocenters. The van der Waals surface area contributed by atoms with Gasteiger partial charge in [0.1, 0.15) is 12.3 Å². The van der Waals surface area contributed by atoms with E-state index in [9.17, 15) is 19.2 Å². The van der Waals surface area contributed by atoms with Crippen LogP contribution in [0.3, 0.4) is 0 Å². The van der Waals surface area contributed by atoms with Crippen LogP contribution in [0.4, 0.5) is 4.79 Å². The van der Waals surface area contributed by atoms with Crippen molar-refractivity contribution in [3.05, 3.63) is 52.0 Å². The van der Waals surface area contributed by atoms with E-state index in [1.54, 1.807) is 17.0 Å². The molecule has 0 aliphatic carbocycles. The average molecular weight is 411 g/mol. The van der Waals surface area contributed by atoms with Gasteiger partial charge in [-0.05, 0) is 41.5 Å². The minimum atomic E-state index is -0.528. The van der Waals surface area contributed by atoms with Crippen LogP contribution in [-0.4, -0.2) is 41.9 Å². The fraction of sp³-hybridized carbons (Fsp3) is 0.200. The predicted octanol–water partition coefficient (Wildman–Crippen LogP) is 2.11. The molecule has 9 heteroatoms. The standard InChI is InChI=1S/C20H17N3O5S/c1-11(24)28-7-6-23-10-13-8-12(2-4-15(13)19(23)26)17-5-3-14(29-17)9-16-18(25)22-20(27)21-16/h2-5,8-9H,6-7,10H2,1H3,(H2,21,22,25,27)/b16-9+. The number of hydrogen-bond donors (Lipinski definition) is 2. The molecular formula is C20H17N3O5S. The van der Waals surface area contributed by atoms with Crippen molar-refractivity contribution in [3.63, 3.8) is 0 Å². The Hall–Kier alpha value is -3.46. The zero-order chi connectivity index (χ0) is 20.5. The number of hydrogen-bond acceptors (Lipinski definition) is 6. The number of esters is 1. The molecule has 4 rings (SSSR count). The number of amides is 4. The van der Waals surface area contributed by atoms with Gasteiger partial charge in [0.05, 0.1) is 6.54 Å². The number of urea groups is 1. The molecule has 0 spiro atoms. The first kappa shape index (κ1) is 18.9. The largest absolute Gasteiger partial charge is 0.464 e. The number of nitrogens with one attached hydrogen (secondary N) is 2. The fourth-order valence-corrected chi connectivity index (χ4v) is 4.17. The summed E-state index contributed by atoms with van der Waals surface area (Å²) in [5.41, 5.74) is 2.76. The Kier molecular flexibility index (Phi) is 4.89. The summed E-state index contributed by atoms with van der Waals surface area (Å²) in [4.78, 5) is 49.7. The van der Waals surface area contributed by atoms with Crippen LogP contribution in [0.15, 0.2) is 36.0 Å². The summed E-state index contributed by atoms with van der Waals surface area (Å²) in [5.74, 6) is -0.886. The molecule has 1 saturated heterocycles. The van der Waals surface area contributed by atoms with E-state index in [0.29, 0.717) is 18.7 Å². The Labute approximate surface area is 170 Å². The van der Waals surface area contributed by atoms with Crippen molar-refractivity contribution in [2.45, 2.75) is 13.5 Å². The highest BCUT2D eigenvalue weighted by atomic mass is 32.1. The molecule has 0 atom stereocenters. The fourth-order valence-electron chi connectivity index (χ4n) is 3.22. The van der Waals surface area contributed by atoms with Crippen LogP contribution in [0.25, 0.3) is 16.5 Å². The van der Waals surface area contributed by atoms with Gasteiger partial charge in [0.25, 0.3) is 11.8 Å². The van der Waals surface area contributed by atoms with Gasteiger partial charge in [0.2, 0.25) is 0 Å². The maximum atomic E-state index is 12.5. The van der Waals surface area contributed by atoms with E-state index in [4.69, 9.17) is 4.74 Å². The molecule has 8 nitrogen and oxygen atoms in total. The highest BCUT2D eigenvalue weighted by Gasteiger charge is 2.27. The molecular weight excluding hydrogens is 394 g/mol. The molecule has 2 aliphatic heterocycles. The van der Waals surface area contributed by atoms with E-state index in [0.717, 1.165) is 20.9 Å². The number of rotatable bonds is 5. The van der Waals surface area contributed by atoms with Gasteiger partial charge in [0.15, 0.2) is 0 Å². The first-order valence-electron chi connectivity index (χ1n) is 8.90. The summed E-state index contributed by atoms with van der Waals surface area (Å²) in [7, 11) is 0. The van der Waals surface area contributed by atoms with Crippen LogP contribution in [-0.2, 0) is 20.9 Å². The van der Waals surface area contributed by atoms with Crippen LogP contribution in [0.5, 0.6) is 0 Å². The van der Waals surface area contributed by atoms with Gasteiger partial charge in [-0.25, -0.2) is 4.79 Å². The average Bonchev–Trinajstić information content (AvgIpc) is 3.34. The molecule has 2 aromatic rings. The smallest absolute Gasteiger partial charge is 0.326 e. The number of carbonyl (C=O) groups is 4. The van der Waals surface area contributed by atoms with Crippen LogP contribution in [0.1, 0.15) is 27.7 Å². The highest BCUT2D eigenvalue weighted by molar-refractivity contribution is 7.16. The number of benzene rings is 1.